The number of nitrogens with one attached hydrogen (secondary N) is 2. The summed E-state index contributed by atoms with van der Waals surface area (Å²) < 4.78 is 0. The smallest absolute Gasteiger partial charge is 0.243 e. The fourth-order valence-electron chi connectivity index (χ4n) is 0.947. The number of nitrogens with zero attached hydrogens (tertiary/aromatic N) is 4. The van der Waals surface area contributed by atoms with Gasteiger partial charge in [-0.05, 0) is 6.92 Å². The number of hydrogen-bond donors (Lipinski definition) is 4. The fourth-order valence-corrected chi connectivity index (χ4v) is 0.947. The second-order valence-corrected chi connectivity index (χ2v) is 3.55. The second-order valence-electron chi connectivity index (χ2n) is 3.55. The summed E-state index contributed by atoms with van der Waals surface area (Å²) in [4.78, 5) is 13.9. The van der Waals surface area contributed by atoms with Gasteiger partial charge in [-0.1, -0.05) is 0 Å². The van der Waals surface area contributed by atoms with E-state index >= 15 is 0 Å². The monoisotopic (exact) mass is 227 g/mol. The number of anilines is 3. The molecule has 0 bridgehead atoms. The van der Waals surface area contributed by atoms with E-state index in [0.29, 0.717) is 18.4 Å². The highest BCUT2D eigenvalue weighted by atomic mass is 16.3. The van der Waals surface area contributed by atoms with Crippen molar-refractivity contribution < 1.29 is 5.11 Å². The van der Waals surface area contributed by atoms with Gasteiger partial charge in [-0.15, -0.1) is 0 Å². The van der Waals surface area contributed by atoms with Crippen molar-refractivity contribution in [2.24, 2.45) is 5.84 Å². The Balaban J connectivity index is 2.86. The summed E-state index contributed by atoms with van der Waals surface area (Å²) in [5.74, 6) is 6.37. The SMILES string of the molecule is CC(O)CNc1nc(NN)nc(N(C)C)n1. The summed E-state index contributed by atoms with van der Waals surface area (Å²) >= 11 is 0. The number of aliphatic hydroxyl groups is 1. The Morgan fingerprint density at radius 2 is 1.94 bits per heavy atom. The minimum atomic E-state index is -0.478. The normalized spacial score (nSPS) is 12.1. The van der Waals surface area contributed by atoms with Gasteiger partial charge in [-0.2, -0.15) is 15.0 Å². The van der Waals surface area contributed by atoms with Crippen molar-refractivity contribution in [3.05, 3.63) is 0 Å². The molecule has 0 aliphatic heterocycles. The van der Waals surface area contributed by atoms with Crippen LogP contribution in [0.15, 0.2) is 0 Å². The third kappa shape index (κ3) is 3.48. The maximum Gasteiger partial charge on any atom is 0.243 e. The van der Waals surface area contributed by atoms with Crippen LogP contribution in [0.1, 0.15) is 6.92 Å². The van der Waals surface area contributed by atoms with Crippen LogP contribution in [0.3, 0.4) is 0 Å². The Hall–Kier alpha value is -1.67. The highest BCUT2D eigenvalue weighted by Crippen LogP contribution is 2.10. The van der Waals surface area contributed by atoms with E-state index < -0.39 is 6.10 Å². The summed E-state index contributed by atoms with van der Waals surface area (Å²) in [5, 5.41) is 12.0. The van der Waals surface area contributed by atoms with E-state index in [0.717, 1.165) is 0 Å². The molecular formula is C8H17N7O. The van der Waals surface area contributed by atoms with Gasteiger partial charge in [0.15, 0.2) is 0 Å². The van der Waals surface area contributed by atoms with E-state index in [1.165, 1.54) is 0 Å². The van der Waals surface area contributed by atoms with Crippen LogP contribution >= 0.6 is 0 Å². The number of nitrogen functional groups attached to an aromatic ring is 1. The van der Waals surface area contributed by atoms with Gasteiger partial charge in [0.2, 0.25) is 17.8 Å². The minimum Gasteiger partial charge on any atom is -0.392 e. The highest BCUT2D eigenvalue weighted by Gasteiger charge is 2.07. The lowest BCUT2D eigenvalue weighted by Gasteiger charge is -2.13. The van der Waals surface area contributed by atoms with Gasteiger partial charge in [-0.3, -0.25) is 5.43 Å². The predicted molar refractivity (Wildman–Crippen MR) is 62.1 cm³/mol. The molecule has 0 radical (unpaired) electrons. The lowest BCUT2D eigenvalue weighted by atomic mass is 10.4. The van der Waals surface area contributed by atoms with Crippen molar-refractivity contribution in [3.8, 4) is 0 Å². The van der Waals surface area contributed by atoms with Crippen LogP contribution in [0.25, 0.3) is 0 Å². The summed E-state index contributed by atoms with van der Waals surface area (Å²) in [7, 11) is 3.63. The zero-order valence-corrected chi connectivity index (χ0v) is 9.60. The van der Waals surface area contributed by atoms with Crippen LogP contribution in [-0.2, 0) is 0 Å². The van der Waals surface area contributed by atoms with Gasteiger partial charge < -0.3 is 15.3 Å². The molecule has 8 nitrogen and oxygen atoms in total. The van der Waals surface area contributed by atoms with E-state index in [1.54, 1.807) is 11.8 Å². The Bertz CT molecular complexity index is 341. The molecule has 0 amide bonds. The van der Waals surface area contributed by atoms with Gasteiger partial charge in [-0.25, -0.2) is 5.84 Å². The van der Waals surface area contributed by atoms with Gasteiger partial charge >= 0.3 is 0 Å². The molecule has 90 valence electrons. The number of rotatable bonds is 5. The van der Waals surface area contributed by atoms with Crippen molar-refractivity contribution in [3.63, 3.8) is 0 Å². The van der Waals surface area contributed by atoms with E-state index in [9.17, 15) is 0 Å². The zero-order chi connectivity index (χ0) is 12.1. The third-order valence-electron chi connectivity index (χ3n) is 1.71. The van der Waals surface area contributed by atoms with Crippen molar-refractivity contribution in [2.75, 3.05) is 36.3 Å². The van der Waals surface area contributed by atoms with Crippen LogP contribution in [-0.4, -0.2) is 46.8 Å². The summed E-state index contributed by atoms with van der Waals surface area (Å²) in [6, 6.07) is 0. The Labute approximate surface area is 93.9 Å². The van der Waals surface area contributed by atoms with Crippen molar-refractivity contribution in [1.29, 1.82) is 0 Å². The van der Waals surface area contributed by atoms with E-state index in [-0.39, 0.29) is 5.95 Å². The predicted octanol–water partition coefficient (Wildman–Crippen LogP) is -0.984. The largest absolute Gasteiger partial charge is 0.392 e. The lowest BCUT2D eigenvalue weighted by Crippen LogP contribution is -2.21. The molecule has 5 N–H and O–H groups in total. The van der Waals surface area contributed by atoms with Gasteiger partial charge in [0.05, 0.1) is 6.10 Å². The van der Waals surface area contributed by atoms with Crippen molar-refractivity contribution >= 4 is 17.8 Å². The second kappa shape index (κ2) is 5.42. The summed E-state index contributed by atoms with van der Waals surface area (Å²) in [6.45, 7) is 2.03. The van der Waals surface area contributed by atoms with Crippen molar-refractivity contribution in [2.45, 2.75) is 13.0 Å². The number of hydrazine groups is 1. The molecule has 0 aliphatic carbocycles. The molecule has 1 atom stereocenters. The maximum atomic E-state index is 9.13. The zero-order valence-electron chi connectivity index (χ0n) is 9.60. The number of aromatic nitrogens is 3. The van der Waals surface area contributed by atoms with Crippen LogP contribution in [0.2, 0.25) is 0 Å². The first-order chi connectivity index (χ1) is 7.52. The van der Waals surface area contributed by atoms with E-state index in [2.05, 4.69) is 25.7 Å². The highest BCUT2D eigenvalue weighted by molar-refractivity contribution is 5.42. The molecule has 0 aliphatic rings. The maximum absolute atomic E-state index is 9.13. The molecule has 0 saturated carbocycles. The Morgan fingerprint density at radius 1 is 1.31 bits per heavy atom. The fraction of sp³-hybridized carbons (Fsp3) is 0.625. The molecule has 1 unspecified atom stereocenters. The number of aliphatic hydroxyl groups excluding tert-OH is 1. The molecule has 0 spiro atoms. The molecule has 1 heterocycles. The molecule has 0 fully saturated rings. The molecule has 0 saturated heterocycles. The molecular weight excluding hydrogens is 210 g/mol. The topological polar surface area (TPSA) is 112 Å². The molecule has 1 aromatic heterocycles. The molecule has 1 rings (SSSR count). The molecule has 16 heavy (non-hydrogen) atoms. The van der Waals surface area contributed by atoms with Gasteiger partial charge in [0.25, 0.3) is 0 Å². The third-order valence-corrected chi connectivity index (χ3v) is 1.71. The van der Waals surface area contributed by atoms with Gasteiger partial charge in [0, 0.05) is 20.6 Å². The first kappa shape index (κ1) is 12.4. The van der Waals surface area contributed by atoms with Crippen molar-refractivity contribution in [1.82, 2.24) is 15.0 Å². The van der Waals surface area contributed by atoms with Gasteiger partial charge in [0.1, 0.15) is 0 Å². The first-order valence-electron chi connectivity index (χ1n) is 4.85. The number of nitrogens with two attached hydrogens (primary N) is 1. The van der Waals surface area contributed by atoms with Crippen LogP contribution in [0.5, 0.6) is 0 Å². The Morgan fingerprint density at radius 3 is 2.44 bits per heavy atom. The average Bonchev–Trinajstić information content (AvgIpc) is 2.25. The molecule has 8 heteroatoms. The lowest BCUT2D eigenvalue weighted by molar-refractivity contribution is 0.208. The summed E-state index contributed by atoms with van der Waals surface area (Å²) in [5.41, 5.74) is 2.36. The quantitative estimate of drug-likeness (QED) is 0.375. The van der Waals surface area contributed by atoms with Crippen LogP contribution < -0.4 is 21.5 Å². The number of hydrogen-bond acceptors (Lipinski definition) is 8. The summed E-state index contributed by atoms with van der Waals surface area (Å²) in [6.07, 6.45) is -0.478. The minimum absolute atomic E-state index is 0.270. The van der Waals surface area contributed by atoms with E-state index in [4.69, 9.17) is 10.9 Å². The average molecular weight is 227 g/mol. The molecule has 1 aromatic rings. The van der Waals surface area contributed by atoms with E-state index in [1.807, 2.05) is 14.1 Å². The first-order valence-corrected chi connectivity index (χ1v) is 4.85. The van der Waals surface area contributed by atoms with Crippen LogP contribution in [0.4, 0.5) is 17.8 Å². The Kier molecular flexibility index (Phi) is 4.20. The standard InChI is InChI=1S/C8H17N7O/c1-5(16)4-10-6-11-7(14-9)13-8(12-6)15(2)3/h5,16H,4,9H2,1-3H3,(H2,10,11,12,13,14). The van der Waals surface area contributed by atoms with Crippen LogP contribution in [0, 0.1) is 0 Å². The molecule has 0 aromatic carbocycles.